The van der Waals surface area contributed by atoms with Gasteiger partial charge in [0.15, 0.2) is 0 Å². The average molecular weight is 350 g/mol. The lowest BCUT2D eigenvalue weighted by molar-refractivity contribution is 1.51. The second-order valence-electron chi connectivity index (χ2n) is 6.69. The van der Waals surface area contributed by atoms with Crippen LogP contribution < -0.4 is 0 Å². The van der Waals surface area contributed by atoms with Crippen LogP contribution in [0.1, 0.15) is 5.56 Å². The van der Waals surface area contributed by atoms with E-state index in [4.69, 9.17) is 0 Å². The van der Waals surface area contributed by atoms with Crippen LogP contribution in [-0.2, 0) is 0 Å². The van der Waals surface area contributed by atoms with Gasteiger partial charge in [0.2, 0.25) is 0 Å². The lowest BCUT2D eigenvalue weighted by Gasteiger charge is -2.17. The van der Waals surface area contributed by atoms with Crippen molar-refractivity contribution in [3.8, 4) is 22.3 Å². The first kappa shape index (κ1) is 15.4. The zero-order valence-corrected chi connectivity index (χ0v) is 15.4. The molecule has 0 N–H and O–H groups in total. The van der Waals surface area contributed by atoms with Crippen LogP contribution in [0.2, 0.25) is 0 Å². The van der Waals surface area contributed by atoms with E-state index < -0.39 is 0 Å². The SMILES string of the molecule is Cc1ccc2c(c1)c(-c1ccccc1)c(-c1ccccc1)c1sccc12. The first-order chi connectivity index (χ1) is 12.8. The Balaban J connectivity index is 2.05. The van der Waals surface area contributed by atoms with Gasteiger partial charge in [-0.3, -0.25) is 0 Å². The molecule has 0 saturated carbocycles. The Bertz CT molecular complexity index is 1210. The molecule has 4 aromatic carbocycles. The summed E-state index contributed by atoms with van der Waals surface area (Å²) >= 11 is 1.84. The molecule has 0 aliphatic rings. The van der Waals surface area contributed by atoms with Crippen molar-refractivity contribution in [2.75, 3.05) is 0 Å². The van der Waals surface area contributed by atoms with Crippen molar-refractivity contribution in [2.24, 2.45) is 0 Å². The van der Waals surface area contributed by atoms with Crippen molar-refractivity contribution >= 4 is 32.2 Å². The zero-order chi connectivity index (χ0) is 17.5. The summed E-state index contributed by atoms with van der Waals surface area (Å²) < 4.78 is 1.37. The highest BCUT2D eigenvalue weighted by atomic mass is 32.1. The predicted octanol–water partition coefficient (Wildman–Crippen LogP) is 7.70. The molecule has 0 saturated heterocycles. The maximum atomic E-state index is 2.33. The number of hydrogen-bond acceptors (Lipinski definition) is 1. The van der Waals surface area contributed by atoms with Gasteiger partial charge in [0.1, 0.15) is 0 Å². The molecule has 0 spiro atoms. The predicted molar refractivity (Wildman–Crippen MR) is 115 cm³/mol. The summed E-state index contributed by atoms with van der Waals surface area (Å²) in [4.78, 5) is 0. The molecular weight excluding hydrogens is 332 g/mol. The van der Waals surface area contributed by atoms with E-state index >= 15 is 0 Å². The fraction of sp³-hybridized carbons (Fsp3) is 0.0400. The molecule has 1 heterocycles. The third-order valence-electron chi connectivity index (χ3n) is 5.00. The standard InChI is InChI=1S/C25H18S/c1-17-12-13-20-21-14-15-26-25(21)24(19-10-6-3-7-11-19)23(22(20)16-17)18-8-4-2-5-9-18/h2-16H,1H3. The molecule has 1 heteroatoms. The Morgan fingerprint density at radius 2 is 1.23 bits per heavy atom. The van der Waals surface area contributed by atoms with E-state index in [-0.39, 0.29) is 0 Å². The third-order valence-corrected chi connectivity index (χ3v) is 5.93. The fourth-order valence-electron chi connectivity index (χ4n) is 3.85. The van der Waals surface area contributed by atoms with E-state index in [2.05, 4.69) is 97.2 Å². The number of rotatable bonds is 2. The Kier molecular flexibility index (Phi) is 3.62. The second-order valence-corrected chi connectivity index (χ2v) is 7.61. The number of thiophene rings is 1. The van der Waals surface area contributed by atoms with Crippen LogP contribution in [0.4, 0.5) is 0 Å². The highest BCUT2D eigenvalue weighted by molar-refractivity contribution is 7.18. The van der Waals surface area contributed by atoms with Crippen LogP contribution in [0.25, 0.3) is 43.1 Å². The number of aryl methyl sites for hydroxylation is 1. The average Bonchev–Trinajstić information content (AvgIpc) is 3.17. The summed E-state index contributed by atoms with van der Waals surface area (Å²) in [5, 5.41) is 6.24. The fourth-order valence-corrected chi connectivity index (χ4v) is 4.83. The largest absolute Gasteiger partial charge is 0.143 e. The van der Waals surface area contributed by atoms with Crippen LogP contribution in [0.5, 0.6) is 0 Å². The number of hydrogen-bond donors (Lipinski definition) is 0. The Labute approximate surface area is 157 Å². The van der Waals surface area contributed by atoms with Gasteiger partial charge in [0.25, 0.3) is 0 Å². The lowest BCUT2D eigenvalue weighted by atomic mass is 9.87. The Hall–Kier alpha value is -2.90. The van der Waals surface area contributed by atoms with Crippen LogP contribution in [0, 0.1) is 6.92 Å². The van der Waals surface area contributed by atoms with Crippen LogP contribution in [0.3, 0.4) is 0 Å². The minimum atomic E-state index is 1.28. The minimum absolute atomic E-state index is 1.28. The summed E-state index contributed by atoms with van der Waals surface area (Å²) in [5.41, 5.74) is 6.54. The quantitative estimate of drug-likeness (QED) is 0.306. The van der Waals surface area contributed by atoms with E-state index in [9.17, 15) is 0 Å². The molecule has 0 bridgehead atoms. The lowest BCUT2D eigenvalue weighted by Crippen LogP contribution is -1.90. The molecule has 0 nitrogen and oxygen atoms in total. The highest BCUT2D eigenvalue weighted by Gasteiger charge is 2.18. The highest BCUT2D eigenvalue weighted by Crippen LogP contribution is 2.46. The first-order valence-corrected chi connectivity index (χ1v) is 9.75. The second kappa shape index (κ2) is 6.12. The number of benzene rings is 4. The molecule has 0 aliphatic carbocycles. The molecule has 0 radical (unpaired) electrons. The summed E-state index contributed by atoms with van der Waals surface area (Å²) in [6, 6.07) is 30.7. The van der Waals surface area contributed by atoms with Gasteiger partial charge in [-0.05, 0) is 45.8 Å². The summed E-state index contributed by atoms with van der Waals surface area (Å²) in [7, 11) is 0. The van der Waals surface area contributed by atoms with Gasteiger partial charge in [-0.15, -0.1) is 11.3 Å². The van der Waals surface area contributed by atoms with Crippen LogP contribution >= 0.6 is 11.3 Å². The van der Waals surface area contributed by atoms with E-state index in [1.807, 2.05) is 11.3 Å². The molecule has 0 fully saturated rings. The van der Waals surface area contributed by atoms with Crippen molar-refractivity contribution in [3.63, 3.8) is 0 Å². The number of fused-ring (bicyclic) bond motifs is 3. The van der Waals surface area contributed by atoms with E-state index in [0.29, 0.717) is 0 Å². The zero-order valence-electron chi connectivity index (χ0n) is 14.6. The molecule has 0 unspecified atom stereocenters. The minimum Gasteiger partial charge on any atom is -0.143 e. The maximum Gasteiger partial charge on any atom is 0.0433 e. The Morgan fingerprint density at radius 3 is 1.92 bits per heavy atom. The van der Waals surface area contributed by atoms with Gasteiger partial charge in [0, 0.05) is 15.6 Å². The van der Waals surface area contributed by atoms with Gasteiger partial charge >= 0.3 is 0 Å². The van der Waals surface area contributed by atoms with Gasteiger partial charge in [-0.25, -0.2) is 0 Å². The van der Waals surface area contributed by atoms with Crippen molar-refractivity contribution in [3.05, 3.63) is 95.9 Å². The van der Waals surface area contributed by atoms with Gasteiger partial charge in [0.05, 0.1) is 0 Å². The topological polar surface area (TPSA) is 0 Å². The van der Waals surface area contributed by atoms with E-state index in [1.165, 1.54) is 48.7 Å². The van der Waals surface area contributed by atoms with E-state index in [1.54, 1.807) is 0 Å². The molecule has 0 aliphatic heterocycles. The molecule has 0 amide bonds. The van der Waals surface area contributed by atoms with Gasteiger partial charge < -0.3 is 0 Å². The summed E-state index contributed by atoms with van der Waals surface area (Å²) in [6.45, 7) is 2.17. The molecule has 5 rings (SSSR count). The van der Waals surface area contributed by atoms with Crippen LogP contribution in [0.15, 0.2) is 90.3 Å². The molecule has 1 aromatic heterocycles. The molecule has 26 heavy (non-hydrogen) atoms. The van der Waals surface area contributed by atoms with Crippen molar-refractivity contribution in [2.45, 2.75) is 6.92 Å². The summed E-state index contributed by atoms with van der Waals surface area (Å²) in [6.07, 6.45) is 0. The molecular formula is C25H18S. The first-order valence-electron chi connectivity index (χ1n) is 8.87. The smallest absolute Gasteiger partial charge is 0.0433 e. The Morgan fingerprint density at radius 1 is 0.577 bits per heavy atom. The van der Waals surface area contributed by atoms with Gasteiger partial charge in [-0.2, -0.15) is 0 Å². The summed E-state index contributed by atoms with van der Waals surface area (Å²) in [5.74, 6) is 0. The van der Waals surface area contributed by atoms with Crippen molar-refractivity contribution < 1.29 is 0 Å². The third kappa shape index (κ3) is 2.36. The van der Waals surface area contributed by atoms with Crippen molar-refractivity contribution in [1.82, 2.24) is 0 Å². The van der Waals surface area contributed by atoms with Crippen molar-refractivity contribution in [1.29, 1.82) is 0 Å². The van der Waals surface area contributed by atoms with Crippen LogP contribution in [-0.4, -0.2) is 0 Å². The maximum absolute atomic E-state index is 2.33. The molecule has 0 atom stereocenters. The molecule has 5 aromatic rings. The monoisotopic (exact) mass is 350 g/mol. The normalized spacial score (nSPS) is 11.3. The van der Waals surface area contributed by atoms with E-state index in [0.717, 1.165) is 0 Å². The molecule has 124 valence electrons. The van der Waals surface area contributed by atoms with Gasteiger partial charge in [-0.1, -0.05) is 84.4 Å².